The smallest absolute Gasteiger partial charge is 0.254 e. The van der Waals surface area contributed by atoms with Crippen molar-refractivity contribution in [3.63, 3.8) is 0 Å². The summed E-state index contributed by atoms with van der Waals surface area (Å²) in [6.45, 7) is 9.62. The summed E-state index contributed by atoms with van der Waals surface area (Å²) in [5.41, 5.74) is 0.365. The predicted octanol–water partition coefficient (Wildman–Crippen LogP) is 2.97. The van der Waals surface area contributed by atoms with Gasteiger partial charge in [0.05, 0.1) is 0 Å². The van der Waals surface area contributed by atoms with E-state index in [1.54, 1.807) is 11.0 Å². The lowest BCUT2D eigenvalue weighted by molar-refractivity contribution is 0.0714. The molecule has 0 radical (unpaired) electrons. The zero-order valence-corrected chi connectivity index (χ0v) is 11.5. The van der Waals surface area contributed by atoms with Crippen LogP contribution >= 0.6 is 0 Å². The van der Waals surface area contributed by atoms with Crippen molar-refractivity contribution < 1.29 is 9.18 Å². The van der Waals surface area contributed by atoms with E-state index in [2.05, 4.69) is 32.7 Å². The van der Waals surface area contributed by atoms with Crippen LogP contribution in [0.4, 0.5) is 4.39 Å². The first-order valence-corrected chi connectivity index (χ1v) is 6.31. The average molecular weight is 252 g/mol. The monoisotopic (exact) mass is 252 g/mol. The van der Waals surface area contributed by atoms with Gasteiger partial charge in [-0.2, -0.15) is 4.39 Å². The van der Waals surface area contributed by atoms with Gasteiger partial charge >= 0.3 is 0 Å². The van der Waals surface area contributed by atoms with E-state index in [4.69, 9.17) is 0 Å². The number of hydrogen-bond acceptors (Lipinski definition) is 2. The fraction of sp³-hybridized carbons (Fsp3) is 0.571. The van der Waals surface area contributed by atoms with E-state index in [0.717, 1.165) is 0 Å². The van der Waals surface area contributed by atoms with Crippen molar-refractivity contribution in [3.05, 3.63) is 29.8 Å². The molecule has 0 saturated heterocycles. The number of carbonyl (C=O) groups is 1. The van der Waals surface area contributed by atoms with Gasteiger partial charge in [0.15, 0.2) is 0 Å². The lowest BCUT2D eigenvalue weighted by Gasteiger charge is -2.26. The molecule has 0 aliphatic rings. The van der Waals surface area contributed by atoms with Crippen LogP contribution in [0.15, 0.2) is 18.3 Å². The van der Waals surface area contributed by atoms with E-state index in [-0.39, 0.29) is 5.91 Å². The molecule has 0 fully saturated rings. The van der Waals surface area contributed by atoms with Crippen molar-refractivity contribution in [1.29, 1.82) is 0 Å². The van der Waals surface area contributed by atoms with Gasteiger partial charge in [-0.1, -0.05) is 27.7 Å². The molecule has 0 saturated carbocycles. The zero-order valence-electron chi connectivity index (χ0n) is 11.5. The van der Waals surface area contributed by atoms with Gasteiger partial charge in [-0.3, -0.25) is 4.79 Å². The molecule has 0 atom stereocenters. The molecule has 0 aliphatic carbocycles. The lowest BCUT2D eigenvalue weighted by Crippen LogP contribution is -2.37. The van der Waals surface area contributed by atoms with Gasteiger partial charge in [-0.25, -0.2) is 4.98 Å². The Kier molecular flexibility index (Phi) is 5.25. The minimum atomic E-state index is -0.616. The highest BCUT2D eigenvalue weighted by molar-refractivity contribution is 5.94. The molecule has 0 aromatic carbocycles. The Morgan fingerprint density at radius 2 is 1.83 bits per heavy atom. The Morgan fingerprint density at radius 3 is 2.28 bits per heavy atom. The van der Waals surface area contributed by atoms with E-state index in [9.17, 15) is 9.18 Å². The fourth-order valence-electron chi connectivity index (χ4n) is 1.84. The molecule has 18 heavy (non-hydrogen) atoms. The second-order valence-electron chi connectivity index (χ2n) is 5.37. The molecular formula is C14H21FN2O. The maximum absolute atomic E-state index is 13.0. The molecule has 0 N–H and O–H groups in total. The van der Waals surface area contributed by atoms with Crippen molar-refractivity contribution in [2.45, 2.75) is 27.7 Å². The van der Waals surface area contributed by atoms with Crippen molar-refractivity contribution in [3.8, 4) is 0 Å². The summed E-state index contributed by atoms with van der Waals surface area (Å²) in [6.07, 6.45) is 1.32. The van der Waals surface area contributed by atoms with Crippen molar-refractivity contribution >= 4 is 5.91 Å². The Morgan fingerprint density at radius 1 is 1.28 bits per heavy atom. The molecule has 1 aromatic rings. The number of rotatable bonds is 5. The highest BCUT2D eigenvalue weighted by Gasteiger charge is 2.18. The van der Waals surface area contributed by atoms with Crippen LogP contribution in [0.1, 0.15) is 38.1 Å². The van der Waals surface area contributed by atoms with Crippen LogP contribution in [0.3, 0.4) is 0 Å². The fourth-order valence-corrected chi connectivity index (χ4v) is 1.84. The molecule has 3 nitrogen and oxygen atoms in total. The first-order valence-electron chi connectivity index (χ1n) is 6.31. The Labute approximate surface area is 108 Å². The topological polar surface area (TPSA) is 33.2 Å². The highest BCUT2D eigenvalue weighted by atomic mass is 19.1. The van der Waals surface area contributed by atoms with Crippen molar-refractivity contribution in [2.24, 2.45) is 11.8 Å². The third-order valence-corrected chi connectivity index (χ3v) is 2.43. The van der Waals surface area contributed by atoms with Gasteiger partial charge in [-0.15, -0.1) is 0 Å². The summed E-state index contributed by atoms with van der Waals surface area (Å²) >= 11 is 0. The van der Waals surface area contributed by atoms with Gasteiger partial charge < -0.3 is 4.90 Å². The minimum absolute atomic E-state index is 0.126. The molecule has 1 rings (SSSR count). The van der Waals surface area contributed by atoms with Crippen LogP contribution in [-0.4, -0.2) is 28.9 Å². The highest BCUT2D eigenvalue weighted by Crippen LogP contribution is 2.10. The quantitative estimate of drug-likeness (QED) is 0.755. The first-order chi connectivity index (χ1) is 8.40. The van der Waals surface area contributed by atoms with Gasteiger partial charge in [0.2, 0.25) is 5.95 Å². The molecule has 0 unspecified atom stereocenters. The third kappa shape index (κ3) is 4.43. The van der Waals surface area contributed by atoms with E-state index >= 15 is 0 Å². The van der Waals surface area contributed by atoms with Crippen LogP contribution in [0, 0.1) is 17.8 Å². The first kappa shape index (κ1) is 14.6. The number of aromatic nitrogens is 1. The van der Waals surface area contributed by atoms with Crippen molar-refractivity contribution in [2.75, 3.05) is 13.1 Å². The van der Waals surface area contributed by atoms with Crippen molar-refractivity contribution in [1.82, 2.24) is 9.88 Å². The average Bonchev–Trinajstić information content (AvgIpc) is 2.26. The second kappa shape index (κ2) is 6.47. The van der Waals surface area contributed by atoms with Gasteiger partial charge in [0.25, 0.3) is 5.91 Å². The summed E-state index contributed by atoms with van der Waals surface area (Å²) in [4.78, 5) is 17.5. The molecule has 1 heterocycles. The molecule has 4 heteroatoms. The maximum Gasteiger partial charge on any atom is 0.254 e. The maximum atomic E-state index is 13.0. The van der Waals surface area contributed by atoms with Crippen LogP contribution < -0.4 is 0 Å². The Bertz CT molecular complexity index is 395. The number of pyridine rings is 1. The molecule has 0 aliphatic heterocycles. The second-order valence-corrected chi connectivity index (χ2v) is 5.37. The number of nitrogens with zero attached hydrogens (tertiary/aromatic N) is 2. The summed E-state index contributed by atoms with van der Waals surface area (Å²) in [6, 6.07) is 2.75. The molecule has 100 valence electrons. The van der Waals surface area contributed by atoms with Gasteiger partial charge in [0.1, 0.15) is 0 Å². The molecule has 1 amide bonds. The van der Waals surface area contributed by atoms with E-state index in [1.165, 1.54) is 12.3 Å². The number of amides is 1. The molecule has 0 spiro atoms. The molecular weight excluding hydrogens is 231 g/mol. The van der Waals surface area contributed by atoms with Gasteiger partial charge in [0, 0.05) is 30.9 Å². The number of halogens is 1. The van der Waals surface area contributed by atoms with Crippen LogP contribution in [-0.2, 0) is 0 Å². The van der Waals surface area contributed by atoms with Gasteiger partial charge in [-0.05, 0) is 17.9 Å². The zero-order chi connectivity index (χ0) is 13.7. The van der Waals surface area contributed by atoms with Crippen LogP contribution in [0.2, 0.25) is 0 Å². The summed E-state index contributed by atoms with van der Waals surface area (Å²) < 4.78 is 13.0. The van der Waals surface area contributed by atoms with Crippen LogP contribution in [0.5, 0.6) is 0 Å². The number of carbonyl (C=O) groups excluding carboxylic acids is 1. The standard InChI is InChI=1S/C14H21FN2O/c1-10(2)8-17(9-11(3)4)14(18)12-5-6-16-13(15)7-12/h5-7,10-11H,8-9H2,1-4H3. The third-order valence-electron chi connectivity index (χ3n) is 2.43. The predicted molar refractivity (Wildman–Crippen MR) is 69.8 cm³/mol. The summed E-state index contributed by atoms with van der Waals surface area (Å²) in [7, 11) is 0. The van der Waals surface area contributed by atoms with Crippen LogP contribution in [0.25, 0.3) is 0 Å². The Balaban J connectivity index is 2.87. The Hall–Kier alpha value is -1.45. The summed E-state index contributed by atoms with van der Waals surface area (Å²) in [5, 5.41) is 0. The molecule has 0 bridgehead atoms. The number of hydrogen-bond donors (Lipinski definition) is 0. The van der Waals surface area contributed by atoms with E-state index in [1.807, 2.05) is 0 Å². The lowest BCUT2D eigenvalue weighted by atomic mass is 10.1. The summed E-state index contributed by atoms with van der Waals surface area (Å²) in [5.74, 6) is 0.0346. The normalized spacial score (nSPS) is 11.1. The SMILES string of the molecule is CC(C)CN(CC(C)C)C(=O)c1ccnc(F)c1. The molecule has 1 aromatic heterocycles. The largest absolute Gasteiger partial charge is 0.338 e. The minimum Gasteiger partial charge on any atom is -0.338 e. The van der Waals surface area contributed by atoms with E-state index < -0.39 is 5.95 Å². The van der Waals surface area contributed by atoms with E-state index in [0.29, 0.717) is 30.5 Å².